The van der Waals surface area contributed by atoms with Crippen LogP contribution in [0.2, 0.25) is 0 Å². The summed E-state index contributed by atoms with van der Waals surface area (Å²) in [7, 11) is 0. The van der Waals surface area contributed by atoms with E-state index in [9.17, 15) is 0 Å². The molecule has 0 radical (unpaired) electrons. The minimum atomic E-state index is 1.15. The van der Waals surface area contributed by atoms with Gasteiger partial charge in [0.05, 0.1) is 11.0 Å². The fraction of sp³-hybridized carbons (Fsp3) is 0.0857. The van der Waals surface area contributed by atoms with Crippen molar-refractivity contribution in [2.45, 2.75) is 20.8 Å². The molecule has 176 valence electrons. The molecule has 0 unspecified atom stereocenters. The van der Waals surface area contributed by atoms with Crippen LogP contribution in [0.1, 0.15) is 36.1 Å². The van der Waals surface area contributed by atoms with Crippen LogP contribution in [0.5, 0.6) is 0 Å². The Kier molecular flexibility index (Phi) is 6.31. The number of hydrogen-bond acceptors (Lipinski definition) is 0. The Labute approximate surface area is 214 Å². The third kappa shape index (κ3) is 3.74. The molecule has 0 N–H and O–H groups in total. The highest BCUT2D eigenvalue weighted by Crippen LogP contribution is 2.46. The summed E-state index contributed by atoms with van der Waals surface area (Å²) in [4.78, 5) is 0. The van der Waals surface area contributed by atoms with Gasteiger partial charge in [-0.2, -0.15) is 0 Å². The van der Waals surface area contributed by atoms with E-state index in [1.165, 1.54) is 60.8 Å². The Bertz CT molecular complexity index is 1690. The topological polar surface area (TPSA) is 4.93 Å². The number of aryl methyl sites for hydroxylation is 1. The summed E-state index contributed by atoms with van der Waals surface area (Å²) in [5.74, 6) is 0. The average molecular weight is 466 g/mol. The lowest BCUT2D eigenvalue weighted by Crippen LogP contribution is -1.92. The molecule has 0 fully saturated rings. The normalized spacial score (nSPS) is 13.3. The summed E-state index contributed by atoms with van der Waals surface area (Å²) < 4.78 is 2.37. The smallest absolute Gasteiger partial charge is 0.0535 e. The second-order valence-corrected chi connectivity index (χ2v) is 9.06. The molecule has 0 saturated carbocycles. The van der Waals surface area contributed by atoms with E-state index < -0.39 is 0 Å². The maximum absolute atomic E-state index is 3.99. The number of benzene rings is 4. The quantitative estimate of drug-likeness (QED) is 0.181. The largest absolute Gasteiger partial charge is 0.315 e. The first-order valence-electron chi connectivity index (χ1n) is 12.4. The predicted octanol–water partition coefficient (Wildman–Crippen LogP) is 9.91. The first-order chi connectivity index (χ1) is 17.6. The van der Waals surface area contributed by atoms with E-state index in [1.807, 2.05) is 13.0 Å². The van der Waals surface area contributed by atoms with Gasteiger partial charge in [0, 0.05) is 22.5 Å². The van der Waals surface area contributed by atoms with E-state index in [0.29, 0.717) is 0 Å². The lowest BCUT2D eigenvalue weighted by molar-refractivity contribution is 1.29. The zero-order chi connectivity index (χ0) is 25.2. The van der Waals surface area contributed by atoms with E-state index in [4.69, 9.17) is 0 Å². The van der Waals surface area contributed by atoms with Gasteiger partial charge in [-0.15, -0.1) is 6.58 Å². The molecular formula is C35H31N. The summed E-state index contributed by atoms with van der Waals surface area (Å²) in [5.41, 5.74) is 12.6. The molecular weight excluding hydrogens is 434 g/mol. The van der Waals surface area contributed by atoms with Crippen molar-refractivity contribution < 1.29 is 0 Å². The van der Waals surface area contributed by atoms with Gasteiger partial charge in [0.15, 0.2) is 0 Å². The summed E-state index contributed by atoms with van der Waals surface area (Å²) in [6.45, 7) is 13.5. The van der Waals surface area contributed by atoms with Crippen LogP contribution in [0.25, 0.3) is 50.3 Å². The van der Waals surface area contributed by atoms with Gasteiger partial charge in [0.2, 0.25) is 0 Å². The van der Waals surface area contributed by atoms with Crippen molar-refractivity contribution in [3.8, 4) is 11.1 Å². The second kappa shape index (κ2) is 9.71. The average Bonchev–Trinajstić information content (AvgIpc) is 3.39. The standard InChI is InChI=1S/C32H25N.C3H6/c1-4-22(5-2)23-17-18-31-28(19-23)26-14-8-9-16-30(26)33(31)20-29-25-13-7-6-12-24(25)27-15-10-11-21(3)32(27)29;1-3-2/h4-20H,1H2,2-3H3;3H,1H2,2H3/b22-5+,29-20-;. The molecule has 1 nitrogen and oxygen atoms in total. The van der Waals surface area contributed by atoms with Crippen molar-refractivity contribution in [3.63, 3.8) is 0 Å². The van der Waals surface area contributed by atoms with E-state index in [2.05, 4.69) is 129 Å². The third-order valence-electron chi connectivity index (χ3n) is 6.88. The van der Waals surface area contributed by atoms with Crippen LogP contribution in [0.3, 0.4) is 0 Å². The molecule has 0 spiro atoms. The minimum absolute atomic E-state index is 1.15. The van der Waals surface area contributed by atoms with Crippen molar-refractivity contribution in [1.82, 2.24) is 4.57 Å². The number of para-hydroxylation sites is 1. The first-order valence-corrected chi connectivity index (χ1v) is 12.4. The Morgan fingerprint density at radius 3 is 2.14 bits per heavy atom. The fourth-order valence-electron chi connectivity index (χ4n) is 5.32. The van der Waals surface area contributed by atoms with Gasteiger partial charge in [-0.05, 0) is 77.9 Å². The summed E-state index contributed by atoms with van der Waals surface area (Å²) >= 11 is 0. The van der Waals surface area contributed by atoms with Crippen molar-refractivity contribution in [3.05, 3.63) is 139 Å². The van der Waals surface area contributed by atoms with Crippen LogP contribution in [-0.4, -0.2) is 4.57 Å². The van der Waals surface area contributed by atoms with Crippen LogP contribution >= 0.6 is 0 Å². The van der Waals surface area contributed by atoms with Gasteiger partial charge in [0.1, 0.15) is 0 Å². The third-order valence-corrected chi connectivity index (χ3v) is 6.88. The Hall–Kier alpha value is -4.36. The zero-order valence-electron chi connectivity index (χ0n) is 21.3. The lowest BCUT2D eigenvalue weighted by Gasteiger charge is -2.09. The number of nitrogens with zero attached hydrogens (tertiary/aromatic N) is 1. The molecule has 0 saturated heterocycles. The van der Waals surface area contributed by atoms with Gasteiger partial charge >= 0.3 is 0 Å². The maximum atomic E-state index is 3.99. The molecule has 1 heterocycles. The van der Waals surface area contributed by atoms with E-state index in [-0.39, 0.29) is 0 Å². The van der Waals surface area contributed by atoms with E-state index in [1.54, 1.807) is 6.08 Å². The van der Waals surface area contributed by atoms with Crippen LogP contribution < -0.4 is 0 Å². The predicted molar refractivity (Wildman–Crippen MR) is 159 cm³/mol. The summed E-state index contributed by atoms with van der Waals surface area (Å²) in [6, 6.07) is 30.8. The highest BCUT2D eigenvalue weighted by atomic mass is 15.0. The molecule has 36 heavy (non-hydrogen) atoms. The first kappa shape index (κ1) is 23.4. The fourth-order valence-corrected chi connectivity index (χ4v) is 5.32. The summed E-state index contributed by atoms with van der Waals surface area (Å²) in [5, 5.41) is 2.53. The van der Waals surface area contributed by atoms with Crippen LogP contribution in [0, 0.1) is 6.92 Å². The van der Waals surface area contributed by atoms with E-state index >= 15 is 0 Å². The Morgan fingerprint density at radius 2 is 1.39 bits per heavy atom. The van der Waals surface area contributed by atoms with Crippen molar-refractivity contribution in [2.24, 2.45) is 0 Å². The molecule has 0 aliphatic heterocycles. The maximum Gasteiger partial charge on any atom is 0.0535 e. The summed E-state index contributed by atoms with van der Waals surface area (Å²) in [6.07, 6.45) is 8.13. The van der Waals surface area contributed by atoms with Gasteiger partial charge in [-0.3, -0.25) is 0 Å². The van der Waals surface area contributed by atoms with Gasteiger partial charge < -0.3 is 4.57 Å². The van der Waals surface area contributed by atoms with Crippen LogP contribution in [0.15, 0.2) is 116 Å². The van der Waals surface area contributed by atoms with Gasteiger partial charge in [-0.1, -0.05) is 91.5 Å². The van der Waals surface area contributed by atoms with Gasteiger partial charge in [-0.25, -0.2) is 0 Å². The molecule has 0 amide bonds. The monoisotopic (exact) mass is 465 g/mol. The molecule has 5 aromatic rings. The zero-order valence-corrected chi connectivity index (χ0v) is 21.3. The molecule has 0 atom stereocenters. The van der Waals surface area contributed by atoms with Crippen LogP contribution in [-0.2, 0) is 0 Å². The van der Waals surface area contributed by atoms with Crippen molar-refractivity contribution in [2.75, 3.05) is 0 Å². The molecule has 0 bridgehead atoms. The van der Waals surface area contributed by atoms with Gasteiger partial charge in [0.25, 0.3) is 0 Å². The molecule has 4 aromatic carbocycles. The SMILES string of the molecule is C=C/C(=C\C)c1ccc2c(c1)c1ccccc1n2/C=C1/c2ccccc2-c2cccc(C)c21.C=CC. The highest BCUT2D eigenvalue weighted by molar-refractivity contribution is 6.13. The lowest BCUT2D eigenvalue weighted by atomic mass is 10.00. The van der Waals surface area contributed by atoms with Crippen molar-refractivity contribution in [1.29, 1.82) is 0 Å². The molecule has 1 aliphatic carbocycles. The number of fused-ring (bicyclic) bond motifs is 6. The number of aromatic nitrogens is 1. The Morgan fingerprint density at radius 1 is 0.722 bits per heavy atom. The van der Waals surface area contributed by atoms with Crippen molar-refractivity contribution >= 4 is 39.2 Å². The number of allylic oxidation sites excluding steroid dienone is 4. The molecule has 1 heteroatoms. The second-order valence-electron chi connectivity index (χ2n) is 9.06. The molecule has 1 aliphatic rings. The highest BCUT2D eigenvalue weighted by Gasteiger charge is 2.25. The van der Waals surface area contributed by atoms with E-state index in [0.717, 1.165) is 5.57 Å². The van der Waals surface area contributed by atoms with Crippen LogP contribution in [0.4, 0.5) is 0 Å². The molecule has 6 rings (SSSR count). The minimum Gasteiger partial charge on any atom is -0.315 e. The number of rotatable bonds is 3. The molecule has 1 aromatic heterocycles. The number of hydrogen-bond donors (Lipinski definition) is 0. The Balaban J connectivity index is 0.000000848.